The van der Waals surface area contributed by atoms with E-state index in [2.05, 4.69) is 36.2 Å². The average Bonchev–Trinajstić information content (AvgIpc) is 2.39. The van der Waals surface area contributed by atoms with Crippen LogP contribution in [0, 0.1) is 0 Å². The van der Waals surface area contributed by atoms with Crippen LogP contribution in [-0.4, -0.2) is 28.6 Å². The normalized spacial score (nSPS) is 10.1. The Hall–Kier alpha value is -1.89. The van der Waals surface area contributed by atoms with Gasteiger partial charge < -0.3 is 14.8 Å². The third-order valence-corrected chi connectivity index (χ3v) is 2.59. The highest BCUT2D eigenvalue weighted by Crippen LogP contribution is 2.23. The molecule has 0 saturated heterocycles. The van der Waals surface area contributed by atoms with Gasteiger partial charge in [-0.1, -0.05) is 22.0 Å². The molecule has 1 heterocycles. The highest BCUT2D eigenvalue weighted by molar-refractivity contribution is 9.10. The number of nitrogens with one attached hydrogen (secondary N) is 1. The monoisotopic (exact) mass is 324 g/mol. The highest BCUT2D eigenvalue weighted by atomic mass is 79.9. The molecule has 0 fully saturated rings. The first-order valence-electron chi connectivity index (χ1n) is 5.71. The van der Waals surface area contributed by atoms with Crippen molar-refractivity contribution in [3.05, 3.63) is 28.7 Å². The molecule has 1 aromatic heterocycles. The standard InChI is InChI=1S/C12H13BrN4O2/c1-3-18-11-15-10(14-2)16-12(17-11)19-9-6-4-5-8(13)7-9/h4-7H,3H2,1-2H3,(H,14,15,16,17). The molecular weight excluding hydrogens is 312 g/mol. The molecule has 0 aliphatic carbocycles. The van der Waals surface area contributed by atoms with E-state index in [0.29, 0.717) is 18.3 Å². The van der Waals surface area contributed by atoms with Gasteiger partial charge in [0.25, 0.3) is 0 Å². The summed E-state index contributed by atoms with van der Waals surface area (Å²) >= 11 is 3.37. The van der Waals surface area contributed by atoms with E-state index >= 15 is 0 Å². The Morgan fingerprint density at radius 2 is 2.00 bits per heavy atom. The second-order valence-corrected chi connectivity index (χ2v) is 4.38. The maximum absolute atomic E-state index is 5.58. The number of hydrogen-bond donors (Lipinski definition) is 1. The molecule has 0 radical (unpaired) electrons. The Labute approximate surface area is 119 Å². The smallest absolute Gasteiger partial charge is 0.330 e. The second-order valence-electron chi connectivity index (χ2n) is 3.47. The minimum Gasteiger partial charge on any atom is -0.464 e. The van der Waals surface area contributed by atoms with Crippen LogP contribution < -0.4 is 14.8 Å². The molecule has 2 aromatic rings. The molecule has 2 rings (SSSR count). The summed E-state index contributed by atoms with van der Waals surface area (Å²) in [5.74, 6) is 1.02. The highest BCUT2D eigenvalue weighted by Gasteiger charge is 2.08. The number of hydrogen-bond acceptors (Lipinski definition) is 6. The van der Waals surface area contributed by atoms with E-state index in [1.807, 2.05) is 31.2 Å². The van der Waals surface area contributed by atoms with Crippen LogP contribution in [0.5, 0.6) is 17.8 Å². The first-order valence-corrected chi connectivity index (χ1v) is 6.50. The predicted octanol–water partition coefficient (Wildman–Crippen LogP) is 2.87. The minimum absolute atomic E-state index is 0.181. The van der Waals surface area contributed by atoms with Crippen LogP contribution in [0.25, 0.3) is 0 Å². The van der Waals surface area contributed by atoms with Crippen LogP contribution in [0.1, 0.15) is 6.92 Å². The molecule has 1 N–H and O–H groups in total. The molecule has 6 nitrogen and oxygen atoms in total. The Morgan fingerprint density at radius 3 is 2.68 bits per heavy atom. The fourth-order valence-electron chi connectivity index (χ4n) is 1.33. The maximum atomic E-state index is 5.58. The van der Waals surface area contributed by atoms with Crippen molar-refractivity contribution in [1.82, 2.24) is 15.0 Å². The summed E-state index contributed by atoms with van der Waals surface area (Å²) in [5, 5.41) is 2.83. The van der Waals surface area contributed by atoms with Crippen molar-refractivity contribution in [1.29, 1.82) is 0 Å². The zero-order valence-corrected chi connectivity index (χ0v) is 12.1. The van der Waals surface area contributed by atoms with Gasteiger partial charge in [0.1, 0.15) is 5.75 Å². The van der Waals surface area contributed by atoms with Gasteiger partial charge in [0.05, 0.1) is 6.61 Å². The number of rotatable bonds is 5. The fourth-order valence-corrected chi connectivity index (χ4v) is 1.70. The molecule has 0 unspecified atom stereocenters. The lowest BCUT2D eigenvalue weighted by molar-refractivity contribution is 0.304. The molecular formula is C12H13BrN4O2. The molecule has 7 heteroatoms. The first-order chi connectivity index (χ1) is 9.21. The average molecular weight is 325 g/mol. The summed E-state index contributed by atoms with van der Waals surface area (Å²) < 4.78 is 11.8. The van der Waals surface area contributed by atoms with Gasteiger partial charge in [-0.15, -0.1) is 4.98 Å². The van der Waals surface area contributed by atoms with Gasteiger partial charge in [0.2, 0.25) is 5.95 Å². The molecule has 0 saturated carbocycles. The van der Waals surface area contributed by atoms with E-state index in [1.165, 1.54) is 0 Å². The maximum Gasteiger partial charge on any atom is 0.330 e. The van der Waals surface area contributed by atoms with Crippen molar-refractivity contribution < 1.29 is 9.47 Å². The van der Waals surface area contributed by atoms with Gasteiger partial charge in [0.15, 0.2) is 0 Å². The Balaban J connectivity index is 2.26. The van der Waals surface area contributed by atoms with Crippen molar-refractivity contribution >= 4 is 21.9 Å². The summed E-state index contributed by atoms with van der Waals surface area (Å²) in [7, 11) is 1.72. The zero-order chi connectivity index (χ0) is 13.7. The molecule has 19 heavy (non-hydrogen) atoms. The number of halogens is 1. The lowest BCUT2D eigenvalue weighted by Gasteiger charge is -2.07. The Kier molecular flexibility index (Phi) is 4.51. The predicted molar refractivity (Wildman–Crippen MR) is 74.8 cm³/mol. The van der Waals surface area contributed by atoms with Crippen LogP contribution in [-0.2, 0) is 0 Å². The topological polar surface area (TPSA) is 69.2 Å². The fraction of sp³-hybridized carbons (Fsp3) is 0.250. The molecule has 1 aromatic carbocycles. The van der Waals surface area contributed by atoms with Gasteiger partial charge in [-0.3, -0.25) is 0 Å². The van der Waals surface area contributed by atoms with Crippen LogP contribution in [0.4, 0.5) is 5.95 Å². The Morgan fingerprint density at radius 1 is 1.21 bits per heavy atom. The van der Waals surface area contributed by atoms with Gasteiger partial charge in [-0.2, -0.15) is 9.97 Å². The second kappa shape index (κ2) is 6.33. The van der Waals surface area contributed by atoms with E-state index < -0.39 is 0 Å². The number of ether oxygens (including phenoxy) is 2. The van der Waals surface area contributed by atoms with Crippen molar-refractivity contribution in [2.45, 2.75) is 6.92 Å². The molecule has 0 bridgehead atoms. The molecule has 0 spiro atoms. The summed E-state index contributed by atoms with van der Waals surface area (Å²) in [6.07, 6.45) is 0. The molecule has 0 aliphatic heterocycles. The quantitative estimate of drug-likeness (QED) is 0.912. The van der Waals surface area contributed by atoms with Gasteiger partial charge in [-0.25, -0.2) is 0 Å². The van der Waals surface area contributed by atoms with Crippen LogP contribution >= 0.6 is 15.9 Å². The third kappa shape index (κ3) is 3.78. The van der Waals surface area contributed by atoms with Crippen molar-refractivity contribution in [2.24, 2.45) is 0 Å². The minimum atomic E-state index is 0.181. The summed E-state index contributed by atoms with van der Waals surface area (Å²) in [6.45, 7) is 2.33. The van der Waals surface area contributed by atoms with Crippen molar-refractivity contribution in [3.63, 3.8) is 0 Å². The molecule has 0 amide bonds. The SMILES string of the molecule is CCOc1nc(NC)nc(Oc2cccc(Br)c2)n1. The van der Waals surface area contributed by atoms with Crippen LogP contribution in [0.2, 0.25) is 0 Å². The zero-order valence-electron chi connectivity index (χ0n) is 10.6. The van der Waals surface area contributed by atoms with Crippen LogP contribution in [0.15, 0.2) is 28.7 Å². The summed E-state index contributed by atoms with van der Waals surface area (Å²) in [4.78, 5) is 12.2. The van der Waals surface area contributed by atoms with Crippen LogP contribution in [0.3, 0.4) is 0 Å². The van der Waals surface area contributed by atoms with E-state index in [0.717, 1.165) is 4.47 Å². The molecule has 100 valence electrons. The number of anilines is 1. The molecule has 0 atom stereocenters. The molecule has 0 aliphatic rings. The van der Waals surface area contributed by atoms with Gasteiger partial charge in [-0.05, 0) is 25.1 Å². The van der Waals surface area contributed by atoms with Gasteiger partial charge in [0, 0.05) is 11.5 Å². The largest absolute Gasteiger partial charge is 0.464 e. The first kappa shape index (κ1) is 13.5. The number of aromatic nitrogens is 3. The lowest BCUT2D eigenvalue weighted by Crippen LogP contribution is -2.05. The van der Waals surface area contributed by atoms with E-state index in [9.17, 15) is 0 Å². The summed E-state index contributed by atoms with van der Waals surface area (Å²) in [6, 6.07) is 7.82. The number of nitrogens with zero attached hydrogens (tertiary/aromatic N) is 3. The van der Waals surface area contributed by atoms with E-state index in [-0.39, 0.29) is 12.0 Å². The summed E-state index contributed by atoms with van der Waals surface area (Å²) in [5.41, 5.74) is 0. The lowest BCUT2D eigenvalue weighted by atomic mass is 10.3. The van der Waals surface area contributed by atoms with Gasteiger partial charge >= 0.3 is 12.0 Å². The number of benzene rings is 1. The van der Waals surface area contributed by atoms with E-state index in [4.69, 9.17) is 9.47 Å². The van der Waals surface area contributed by atoms with Crippen molar-refractivity contribution in [3.8, 4) is 17.8 Å². The van der Waals surface area contributed by atoms with E-state index in [1.54, 1.807) is 7.05 Å². The van der Waals surface area contributed by atoms with Crippen molar-refractivity contribution in [2.75, 3.05) is 19.0 Å². The third-order valence-electron chi connectivity index (χ3n) is 2.10. The Bertz CT molecular complexity index is 565.